The molecule has 0 bridgehead atoms. The molecule has 0 spiro atoms. The van der Waals surface area contributed by atoms with Crippen LogP contribution in [0.4, 0.5) is 0 Å². The van der Waals surface area contributed by atoms with Crippen LogP contribution < -0.4 is 5.32 Å². The van der Waals surface area contributed by atoms with Gasteiger partial charge in [0.05, 0.1) is 11.1 Å². The van der Waals surface area contributed by atoms with Crippen LogP contribution in [0.25, 0.3) is 0 Å². The molecule has 1 aromatic carbocycles. The standard InChI is InChI=1S/C15H16Cl2N2OS.2ClH/c16-11-4-3-10(15(20)13(11)17)14(12-2-1-9-21-12)19-7-5-18-6-8-19;;/h1-4,9,14,18,20H,5-8H2;2*1H/t14-;;/m0../s1. The van der Waals surface area contributed by atoms with E-state index in [1.807, 2.05) is 12.1 Å². The first-order chi connectivity index (χ1) is 10.2. The van der Waals surface area contributed by atoms with Crippen molar-refractivity contribution in [3.8, 4) is 5.75 Å². The largest absolute Gasteiger partial charge is 0.506 e. The number of hydrogen-bond donors (Lipinski definition) is 2. The van der Waals surface area contributed by atoms with Crippen molar-refractivity contribution in [2.75, 3.05) is 26.2 Å². The lowest BCUT2D eigenvalue weighted by molar-refractivity contribution is 0.198. The molecule has 1 saturated heterocycles. The van der Waals surface area contributed by atoms with Gasteiger partial charge >= 0.3 is 0 Å². The first-order valence-electron chi connectivity index (χ1n) is 6.83. The van der Waals surface area contributed by atoms with Crippen LogP contribution in [-0.2, 0) is 0 Å². The predicted molar refractivity (Wildman–Crippen MR) is 103 cm³/mol. The van der Waals surface area contributed by atoms with Crippen LogP contribution >= 0.6 is 59.4 Å². The minimum absolute atomic E-state index is 0. The number of halogens is 4. The highest BCUT2D eigenvalue weighted by Crippen LogP contribution is 2.42. The van der Waals surface area contributed by atoms with E-state index >= 15 is 0 Å². The third kappa shape index (κ3) is 4.45. The van der Waals surface area contributed by atoms with Gasteiger partial charge in [-0.2, -0.15) is 0 Å². The van der Waals surface area contributed by atoms with Crippen LogP contribution in [0, 0.1) is 0 Å². The Morgan fingerprint density at radius 3 is 2.43 bits per heavy atom. The Labute approximate surface area is 162 Å². The van der Waals surface area contributed by atoms with E-state index in [2.05, 4.69) is 21.7 Å². The van der Waals surface area contributed by atoms with Crippen LogP contribution in [0.2, 0.25) is 10.0 Å². The molecule has 1 fully saturated rings. The molecule has 0 amide bonds. The third-order valence-corrected chi connectivity index (χ3v) is 5.44. The van der Waals surface area contributed by atoms with E-state index in [1.165, 1.54) is 4.88 Å². The van der Waals surface area contributed by atoms with E-state index in [0.29, 0.717) is 5.02 Å². The zero-order valence-electron chi connectivity index (χ0n) is 12.2. The summed E-state index contributed by atoms with van der Waals surface area (Å²) in [6.07, 6.45) is 0. The molecule has 2 N–H and O–H groups in total. The van der Waals surface area contributed by atoms with Gasteiger partial charge in [-0.1, -0.05) is 35.3 Å². The summed E-state index contributed by atoms with van der Waals surface area (Å²) in [6, 6.07) is 7.77. The van der Waals surface area contributed by atoms with E-state index in [0.717, 1.165) is 31.7 Å². The molecule has 1 aliphatic heterocycles. The van der Waals surface area contributed by atoms with Crippen molar-refractivity contribution in [1.82, 2.24) is 10.2 Å². The third-order valence-electron chi connectivity index (χ3n) is 3.72. The Kier molecular flexibility index (Phi) is 8.45. The average Bonchev–Trinajstić information content (AvgIpc) is 3.03. The number of rotatable bonds is 3. The van der Waals surface area contributed by atoms with Gasteiger partial charge in [-0.3, -0.25) is 4.90 Å². The zero-order valence-corrected chi connectivity index (χ0v) is 16.1. The predicted octanol–water partition coefficient (Wildman–Crippen LogP) is 4.60. The lowest BCUT2D eigenvalue weighted by Crippen LogP contribution is -2.45. The summed E-state index contributed by atoms with van der Waals surface area (Å²) in [6.45, 7) is 3.76. The van der Waals surface area contributed by atoms with Crippen molar-refractivity contribution in [1.29, 1.82) is 0 Å². The minimum Gasteiger partial charge on any atom is -0.506 e. The molecule has 0 aliphatic carbocycles. The van der Waals surface area contributed by atoms with Gasteiger partial charge in [-0.15, -0.1) is 36.2 Å². The van der Waals surface area contributed by atoms with Crippen molar-refractivity contribution >= 4 is 59.4 Å². The maximum atomic E-state index is 10.4. The van der Waals surface area contributed by atoms with E-state index in [1.54, 1.807) is 17.4 Å². The zero-order chi connectivity index (χ0) is 14.8. The number of phenolic OH excluding ortho intramolecular Hbond substituents is 1. The first-order valence-corrected chi connectivity index (χ1v) is 8.47. The number of phenols is 1. The molecular weight excluding hydrogens is 398 g/mol. The number of aromatic hydroxyl groups is 1. The van der Waals surface area contributed by atoms with Crippen LogP contribution in [0.5, 0.6) is 5.75 Å². The van der Waals surface area contributed by atoms with E-state index in [4.69, 9.17) is 23.2 Å². The van der Waals surface area contributed by atoms with Crippen LogP contribution in [0.15, 0.2) is 29.6 Å². The number of nitrogens with zero attached hydrogens (tertiary/aromatic N) is 1. The quantitative estimate of drug-likeness (QED) is 0.768. The second kappa shape index (κ2) is 9.33. The van der Waals surface area contributed by atoms with Gasteiger partial charge in [-0.05, 0) is 17.5 Å². The van der Waals surface area contributed by atoms with Crippen molar-refractivity contribution in [3.05, 3.63) is 50.1 Å². The van der Waals surface area contributed by atoms with Gasteiger partial charge in [0.25, 0.3) is 0 Å². The van der Waals surface area contributed by atoms with Gasteiger partial charge in [0.1, 0.15) is 10.8 Å². The van der Waals surface area contributed by atoms with Crippen molar-refractivity contribution in [3.63, 3.8) is 0 Å². The molecule has 3 nitrogen and oxygen atoms in total. The van der Waals surface area contributed by atoms with Crippen LogP contribution in [0.1, 0.15) is 16.5 Å². The Hall–Kier alpha value is -0.200. The van der Waals surface area contributed by atoms with E-state index in [9.17, 15) is 5.11 Å². The number of nitrogens with one attached hydrogen (secondary N) is 1. The van der Waals surface area contributed by atoms with Gasteiger partial charge in [-0.25, -0.2) is 0 Å². The summed E-state index contributed by atoms with van der Waals surface area (Å²) >= 11 is 13.8. The maximum absolute atomic E-state index is 10.4. The highest BCUT2D eigenvalue weighted by molar-refractivity contribution is 7.10. The van der Waals surface area contributed by atoms with Gasteiger partial charge in [0, 0.05) is 36.6 Å². The second-order valence-corrected chi connectivity index (χ2v) is 6.77. The number of hydrogen-bond acceptors (Lipinski definition) is 4. The topological polar surface area (TPSA) is 35.5 Å². The smallest absolute Gasteiger partial charge is 0.140 e. The molecule has 23 heavy (non-hydrogen) atoms. The molecule has 0 unspecified atom stereocenters. The second-order valence-electron chi connectivity index (χ2n) is 5.00. The first kappa shape index (κ1) is 20.8. The molecule has 0 saturated carbocycles. The Morgan fingerprint density at radius 1 is 1.13 bits per heavy atom. The van der Waals surface area contributed by atoms with Crippen molar-refractivity contribution in [2.24, 2.45) is 0 Å². The number of piperazine rings is 1. The minimum atomic E-state index is 0. The number of thiophene rings is 1. The fourth-order valence-electron chi connectivity index (χ4n) is 2.69. The molecule has 0 radical (unpaired) electrons. The molecule has 8 heteroatoms. The monoisotopic (exact) mass is 414 g/mol. The number of benzene rings is 1. The van der Waals surface area contributed by atoms with E-state index < -0.39 is 0 Å². The summed E-state index contributed by atoms with van der Waals surface area (Å²) in [4.78, 5) is 3.56. The molecule has 2 heterocycles. The summed E-state index contributed by atoms with van der Waals surface area (Å²) < 4.78 is 0. The summed E-state index contributed by atoms with van der Waals surface area (Å²) in [7, 11) is 0. The lowest BCUT2D eigenvalue weighted by Gasteiger charge is -2.35. The SMILES string of the molecule is Cl.Cl.Oc1c([C@@H](c2cccs2)N2CCNCC2)ccc(Cl)c1Cl. The molecule has 1 atom stereocenters. The Morgan fingerprint density at radius 2 is 1.83 bits per heavy atom. The van der Waals surface area contributed by atoms with Gasteiger partial charge < -0.3 is 10.4 Å². The van der Waals surface area contributed by atoms with Gasteiger partial charge in [0.2, 0.25) is 0 Å². The summed E-state index contributed by atoms with van der Waals surface area (Å²) in [5.41, 5.74) is 0.814. The highest BCUT2D eigenvalue weighted by Gasteiger charge is 2.28. The molecule has 3 rings (SSSR count). The van der Waals surface area contributed by atoms with Crippen LogP contribution in [-0.4, -0.2) is 36.2 Å². The Balaban J connectivity index is 0.00000132. The highest BCUT2D eigenvalue weighted by atomic mass is 35.5. The van der Waals surface area contributed by atoms with Crippen molar-refractivity contribution < 1.29 is 5.11 Å². The molecule has 2 aromatic rings. The van der Waals surface area contributed by atoms with Gasteiger partial charge in [0.15, 0.2) is 0 Å². The fraction of sp³-hybridized carbons (Fsp3) is 0.333. The Bertz CT molecular complexity index is 618. The van der Waals surface area contributed by atoms with Crippen molar-refractivity contribution in [2.45, 2.75) is 6.04 Å². The lowest BCUT2D eigenvalue weighted by atomic mass is 10.0. The molecule has 1 aromatic heterocycles. The summed E-state index contributed by atoms with van der Waals surface area (Å²) in [5.74, 6) is 0.0844. The average molecular weight is 416 g/mol. The summed E-state index contributed by atoms with van der Waals surface area (Å²) in [5, 5.41) is 16.4. The van der Waals surface area contributed by atoms with E-state index in [-0.39, 0.29) is 41.6 Å². The molecule has 128 valence electrons. The molecular formula is C15H18Cl4N2OS. The molecule has 1 aliphatic rings. The fourth-order valence-corrected chi connectivity index (χ4v) is 3.89. The van der Waals surface area contributed by atoms with Crippen LogP contribution in [0.3, 0.4) is 0 Å². The normalized spacial score (nSPS) is 16.3. The maximum Gasteiger partial charge on any atom is 0.140 e.